The molecule has 2 heterocycles. The topological polar surface area (TPSA) is 46.0 Å². The molecule has 1 fully saturated rings. The second-order valence-corrected chi connectivity index (χ2v) is 6.14. The van der Waals surface area contributed by atoms with E-state index in [1.165, 1.54) is 12.1 Å². The molecule has 0 bridgehead atoms. The highest BCUT2D eigenvalue weighted by Gasteiger charge is 2.28. The Bertz CT molecular complexity index is 563. The summed E-state index contributed by atoms with van der Waals surface area (Å²) in [5, 5.41) is 7.82. The van der Waals surface area contributed by atoms with Gasteiger partial charge in [0, 0.05) is 24.3 Å². The fourth-order valence-electron chi connectivity index (χ4n) is 3.01. The lowest BCUT2D eigenvalue weighted by atomic mass is 9.89. The van der Waals surface area contributed by atoms with Crippen molar-refractivity contribution in [1.29, 1.82) is 0 Å². The monoisotopic (exact) mass is 285 g/mol. The lowest BCUT2D eigenvalue weighted by Crippen LogP contribution is -2.48. The average Bonchev–Trinajstić information content (AvgIpc) is 3.00. The molecule has 3 atom stereocenters. The van der Waals surface area contributed by atoms with Gasteiger partial charge in [-0.1, -0.05) is 6.92 Å². The van der Waals surface area contributed by atoms with Crippen LogP contribution in [0.2, 0.25) is 0 Å². The normalized spacial score (nSPS) is 26.7. The molecule has 3 unspecified atom stereocenters. The Morgan fingerprint density at radius 2 is 1.95 bits per heavy atom. The summed E-state index contributed by atoms with van der Waals surface area (Å²) in [5.74, 6) is 0.654. The van der Waals surface area contributed by atoms with Gasteiger partial charge in [-0.25, -0.2) is 9.67 Å². The zero-order valence-electron chi connectivity index (χ0n) is 12.9. The summed E-state index contributed by atoms with van der Waals surface area (Å²) in [6.07, 6.45) is 4.44. The average molecular weight is 285 g/mol. The number of rotatable bonds is 3. The number of aromatic nitrogens is 3. The van der Waals surface area contributed by atoms with Gasteiger partial charge in [0.15, 0.2) is 0 Å². The van der Waals surface area contributed by atoms with Gasteiger partial charge < -0.3 is 10.2 Å². The third-order valence-corrected chi connectivity index (χ3v) is 4.51. The molecule has 5 heteroatoms. The number of hydrogen-bond acceptors (Lipinski definition) is 4. The predicted molar refractivity (Wildman–Crippen MR) is 84.6 cm³/mol. The first-order valence-corrected chi connectivity index (χ1v) is 7.55. The molecule has 1 aliphatic rings. The molecule has 1 aromatic heterocycles. The van der Waals surface area contributed by atoms with E-state index in [1.807, 2.05) is 0 Å². The van der Waals surface area contributed by atoms with Crippen LogP contribution >= 0.6 is 0 Å². The first-order valence-electron chi connectivity index (χ1n) is 7.55. The molecule has 3 rings (SSSR count). The van der Waals surface area contributed by atoms with Crippen LogP contribution in [0.5, 0.6) is 0 Å². The fourth-order valence-corrected chi connectivity index (χ4v) is 3.01. The first kappa shape index (κ1) is 14.1. The van der Waals surface area contributed by atoms with Gasteiger partial charge in [-0.3, -0.25) is 0 Å². The van der Waals surface area contributed by atoms with Crippen LogP contribution in [-0.4, -0.2) is 45.3 Å². The third-order valence-electron chi connectivity index (χ3n) is 4.51. The summed E-state index contributed by atoms with van der Waals surface area (Å²) in [6.45, 7) is 5.77. The van der Waals surface area contributed by atoms with E-state index in [0.717, 1.165) is 12.2 Å². The molecule has 0 saturated carbocycles. The number of likely N-dealkylation sites (tertiary alicyclic amines) is 1. The Balaban J connectivity index is 1.68. The molecule has 112 valence electrons. The SMILES string of the molecule is CC1CN(C)C(C)CC1Nc1ccc(-n2cncn2)cc1. The lowest BCUT2D eigenvalue weighted by molar-refractivity contribution is 0.145. The minimum absolute atomic E-state index is 0.536. The number of nitrogens with one attached hydrogen (secondary N) is 1. The highest BCUT2D eigenvalue weighted by Crippen LogP contribution is 2.24. The van der Waals surface area contributed by atoms with Crippen LogP contribution in [0, 0.1) is 5.92 Å². The van der Waals surface area contributed by atoms with Crippen molar-refractivity contribution in [2.24, 2.45) is 5.92 Å². The highest BCUT2D eigenvalue weighted by atomic mass is 15.3. The predicted octanol–water partition coefficient (Wildman–Crippen LogP) is 2.41. The van der Waals surface area contributed by atoms with Crippen LogP contribution in [0.25, 0.3) is 5.69 Å². The largest absolute Gasteiger partial charge is 0.382 e. The maximum absolute atomic E-state index is 4.14. The molecule has 1 N–H and O–H groups in total. The number of nitrogens with zero attached hydrogens (tertiary/aromatic N) is 4. The van der Waals surface area contributed by atoms with E-state index in [4.69, 9.17) is 0 Å². The van der Waals surface area contributed by atoms with Crippen molar-refractivity contribution in [2.45, 2.75) is 32.4 Å². The summed E-state index contributed by atoms with van der Waals surface area (Å²) in [4.78, 5) is 6.41. The van der Waals surface area contributed by atoms with E-state index in [-0.39, 0.29) is 0 Å². The second kappa shape index (κ2) is 5.85. The number of benzene rings is 1. The van der Waals surface area contributed by atoms with Gasteiger partial charge in [0.05, 0.1) is 5.69 Å². The van der Waals surface area contributed by atoms with Crippen molar-refractivity contribution in [1.82, 2.24) is 19.7 Å². The van der Waals surface area contributed by atoms with Gasteiger partial charge >= 0.3 is 0 Å². The van der Waals surface area contributed by atoms with Gasteiger partial charge in [-0.15, -0.1) is 0 Å². The van der Waals surface area contributed by atoms with Crippen LogP contribution in [0.15, 0.2) is 36.9 Å². The molecular weight excluding hydrogens is 262 g/mol. The Labute approximate surface area is 126 Å². The van der Waals surface area contributed by atoms with Crippen LogP contribution in [0.3, 0.4) is 0 Å². The van der Waals surface area contributed by atoms with E-state index in [2.05, 4.69) is 65.5 Å². The van der Waals surface area contributed by atoms with Gasteiger partial charge in [-0.2, -0.15) is 5.10 Å². The Hall–Kier alpha value is -1.88. The van der Waals surface area contributed by atoms with Gasteiger partial charge in [0.2, 0.25) is 0 Å². The van der Waals surface area contributed by atoms with Crippen LogP contribution < -0.4 is 5.32 Å². The standard InChI is InChI=1S/C16H23N5/c1-12-9-20(3)13(2)8-16(12)19-14-4-6-15(7-5-14)21-11-17-10-18-21/h4-7,10-13,16,19H,8-9H2,1-3H3. The quantitative estimate of drug-likeness (QED) is 0.940. The Kier molecular flexibility index (Phi) is 3.92. The van der Waals surface area contributed by atoms with Crippen molar-refractivity contribution < 1.29 is 0 Å². The molecule has 0 spiro atoms. The van der Waals surface area contributed by atoms with Crippen molar-refractivity contribution in [3.8, 4) is 5.69 Å². The summed E-state index contributed by atoms with van der Waals surface area (Å²) >= 11 is 0. The van der Waals surface area contributed by atoms with E-state index in [9.17, 15) is 0 Å². The molecule has 1 saturated heterocycles. The summed E-state index contributed by atoms with van der Waals surface area (Å²) in [7, 11) is 2.21. The number of piperidine rings is 1. The molecule has 2 aromatic rings. The molecule has 5 nitrogen and oxygen atoms in total. The van der Waals surface area contributed by atoms with E-state index in [1.54, 1.807) is 17.3 Å². The molecule has 0 aliphatic carbocycles. The summed E-state index contributed by atoms with van der Waals surface area (Å²) < 4.78 is 1.77. The highest BCUT2D eigenvalue weighted by molar-refractivity contribution is 5.49. The molecule has 1 aliphatic heterocycles. The lowest BCUT2D eigenvalue weighted by Gasteiger charge is -2.40. The van der Waals surface area contributed by atoms with Crippen molar-refractivity contribution in [3.63, 3.8) is 0 Å². The summed E-state index contributed by atoms with van der Waals surface area (Å²) in [5.41, 5.74) is 2.20. The smallest absolute Gasteiger partial charge is 0.138 e. The van der Waals surface area contributed by atoms with Gasteiger partial charge in [0.25, 0.3) is 0 Å². The number of anilines is 1. The molecular formula is C16H23N5. The first-order chi connectivity index (χ1) is 10.1. The maximum atomic E-state index is 4.14. The molecule has 1 aromatic carbocycles. The Morgan fingerprint density at radius 1 is 1.19 bits per heavy atom. The molecule has 21 heavy (non-hydrogen) atoms. The van der Waals surface area contributed by atoms with E-state index >= 15 is 0 Å². The summed E-state index contributed by atoms with van der Waals surface area (Å²) in [6, 6.07) is 9.54. The maximum Gasteiger partial charge on any atom is 0.138 e. The molecule has 0 radical (unpaired) electrons. The fraction of sp³-hybridized carbons (Fsp3) is 0.500. The number of hydrogen-bond donors (Lipinski definition) is 1. The third kappa shape index (κ3) is 3.08. The van der Waals surface area contributed by atoms with Gasteiger partial charge in [0.1, 0.15) is 12.7 Å². The van der Waals surface area contributed by atoms with E-state index in [0.29, 0.717) is 18.0 Å². The van der Waals surface area contributed by atoms with Crippen LogP contribution in [-0.2, 0) is 0 Å². The van der Waals surface area contributed by atoms with Crippen molar-refractivity contribution in [3.05, 3.63) is 36.9 Å². The zero-order valence-corrected chi connectivity index (χ0v) is 12.9. The molecule has 0 amide bonds. The van der Waals surface area contributed by atoms with Crippen molar-refractivity contribution >= 4 is 5.69 Å². The second-order valence-electron chi connectivity index (χ2n) is 6.14. The van der Waals surface area contributed by atoms with Crippen LogP contribution in [0.4, 0.5) is 5.69 Å². The van der Waals surface area contributed by atoms with Crippen LogP contribution in [0.1, 0.15) is 20.3 Å². The van der Waals surface area contributed by atoms with E-state index < -0.39 is 0 Å². The minimum atomic E-state index is 0.536. The minimum Gasteiger partial charge on any atom is -0.382 e. The van der Waals surface area contributed by atoms with Gasteiger partial charge in [-0.05, 0) is 50.6 Å². The zero-order chi connectivity index (χ0) is 14.8. The Morgan fingerprint density at radius 3 is 2.62 bits per heavy atom. The van der Waals surface area contributed by atoms with Crippen molar-refractivity contribution in [2.75, 3.05) is 18.9 Å².